The number of rotatable bonds is 8. The zero-order valence-corrected chi connectivity index (χ0v) is 12.9. The standard InChI is InChI=1S/C14H19BrF3NO/c1-19-9-12(11-4-2-6-13(15)8-11)5-3-7-20-10-14(16,17)18/h2,4,6,8,12,19H,3,5,7,9-10H2,1H3. The van der Waals surface area contributed by atoms with Crippen LogP contribution < -0.4 is 5.32 Å². The molecule has 0 aliphatic carbocycles. The molecule has 0 aliphatic heterocycles. The quantitative estimate of drug-likeness (QED) is 0.710. The molecule has 0 aromatic heterocycles. The summed E-state index contributed by atoms with van der Waals surface area (Å²) in [6.07, 6.45) is -2.85. The van der Waals surface area contributed by atoms with Gasteiger partial charge in [-0.05, 0) is 43.5 Å². The minimum Gasteiger partial charge on any atom is -0.372 e. The number of hydrogen-bond donors (Lipinski definition) is 1. The van der Waals surface area contributed by atoms with Crippen molar-refractivity contribution in [1.29, 1.82) is 0 Å². The Morgan fingerprint density at radius 1 is 1.35 bits per heavy atom. The van der Waals surface area contributed by atoms with E-state index in [4.69, 9.17) is 0 Å². The number of alkyl halides is 3. The molecule has 0 saturated heterocycles. The first-order valence-electron chi connectivity index (χ1n) is 6.47. The van der Waals surface area contributed by atoms with Crippen LogP contribution in [0.2, 0.25) is 0 Å². The summed E-state index contributed by atoms with van der Waals surface area (Å²) in [5.74, 6) is 0.270. The van der Waals surface area contributed by atoms with E-state index >= 15 is 0 Å². The fourth-order valence-electron chi connectivity index (χ4n) is 2.01. The Bertz CT molecular complexity index is 398. The van der Waals surface area contributed by atoms with Crippen LogP contribution in [0.15, 0.2) is 28.7 Å². The lowest BCUT2D eigenvalue weighted by molar-refractivity contribution is -0.174. The van der Waals surface area contributed by atoms with Gasteiger partial charge in [-0.2, -0.15) is 13.2 Å². The average Bonchev–Trinajstić information content (AvgIpc) is 2.36. The lowest BCUT2D eigenvalue weighted by Crippen LogP contribution is -2.19. The van der Waals surface area contributed by atoms with Gasteiger partial charge < -0.3 is 10.1 Å². The molecule has 0 bridgehead atoms. The molecular weight excluding hydrogens is 335 g/mol. The SMILES string of the molecule is CNCC(CCCOCC(F)(F)F)c1cccc(Br)c1. The lowest BCUT2D eigenvalue weighted by Gasteiger charge is -2.17. The van der Waals surface area contributed by atoms with E-state index in [9.17, 15) is 13.2 Å². The van der Waals surface area contributed by atoms with Gasteiger partial charge in [-0.1, -0.05) is 28.1 Å². The van der Waals surface area contributed by atoms with Crippen molar-refractivity contribution in [3.8, 4) is 0 Å². The second kappa shape index (κ2) is 8.64. The average molecular weight is 354 g/mol. The second-order valence-corrected chi connectivity index (χ2v) is 5.54. The van der Waals surface area contributed by atoms with Crippen LogP contribution in [0.25, 0.3) is 0 Å². The molecule has 1 atom stereocenters. The molecule has 1 rings (SSSR count). The van der Waals surface area contributed by atoms with Crippen molar-refractivity contribution in [2.24, 2.45) is 0 Å². The first-order chi connectivity index (χ1) is 9.42. The largest absolute Gasteiger partial charge is 0.411 e. The molecule has 6 heteroatoms. The van der Waals surface area contributed by atoms with E-state index in [2.05, 4.69) is 26.0 Å². The molecule has 0 saturated carbocycles. The summed E-state index contributed by atoms with van der Waals surface area (Å²) in [6, 6.07) is 7.98. The van der Waals surface area contributed by atoms with Crippen molar-refractivity contribution in [3.63, 3.8) is 0 Å². The van der Waals surface area contributed by atoms with Gasteiger partial charge in [-0.25, -0.2) is 0 Å². The fourth-order valence-corrected chi connectivity index (χ4v) is 2.43. The Morgan fingerprint density at radius 3 is 2.70 bits per heavy atom. The van der Waals surface area contributed by atoms with Gasteiger partial charge in [0.1, 0.15) is 6.61 Å². The molecule has 0 radical (unpaired) electrons. The third kappa shape index (κ3) is 7.26. The normalized spacial score (nSPS) is 13.4. The van der Waals surface area contributed by atoms with Crippen molar-refractivity contribution in [2.75, 3.05) is 26.8 Å². The van der Waals surface area contributed by atoms with E-state index in [1.165, 1.54) is 5.56 Å². The van der Waals surface area contributed by atoms with Crippen molar-refractivity contribution in [3.05, 3.63) is 34.3 Å². The van der Waals surface area contributed by atoms with E-state index in [0.717, 1.165) is 17.4 Å². The molecule has 20 heavy (non-hydrogen) atoms. The third-order valence-corrected chi connectivity index (χ3v) is 3.37. The van der Waals surface area contributed by atoms with Crippen LogP contribution in [0.3, 0.4) is 0 Å². The molecule has 1 unspecified atom stereocenters. The summed E-state index contributed by atoms with van der Waals surface area (Å²) in [4.78, 5) is 0. The van der Waals surface area contributed by atoms with Gasteiger partial charge in [-0.3, -0.25) is 0 Å². The molecule has 0 spiro atoms. The Morgan fingerprint density at radius 2 is 2.10 bits per heavy atom. The van der Waals surface area contributed by atoms with E-state index in [1.54, 1.807) is 0 Å². The van der Waals surface area contributed by atoms with Crippen LogP contribution in [0.5, 0.6) is 0 Å². The molecule has 114 valence electrons. The highest BCUT2D eigenvalue weighted by Gasteiger charge is 2.27. The highest BCUT2D eigenvalue weighted by molar-refractivity contribution is 9.10. The van der Waals surface area contributed by atoms with Gasteiger partial charge in [0, 0.05) is 17.6 Å². The smallest absolute Gasteiger partial charge is 0.372 e. The van der Waals surface area contributed by atoms with Crippen LogP contribution in [-0.2, 0) is 4.74 Å². The Balaban J connectivity index is 2.40. The molecule has 0 fully saturated rings. The molecule has 0 heterocycles. The Hall–Kier alpha value is -0.590. The van der Waals surface area contributed by atoms with Crippen molar-refractivity contribution in [1.82, 2.24) is 5.32 Å². The number of halogens is 4. The van der Waals surface area contributed by atoms with Crippen LogP contribution in [-0.4, -0.2) is 33.0 Å². The minimum atomic E-state index is -4.24. The van der Waals surface area contributed by atoms with Gasteiger partial charge >= 0.3 is 6.18 Å². The molecule has 1 aromatic rings. The molecule has 1 N–H and O–H groups in total. The maximum Gasteiger partial charge on any atom is 0.411 e. The zero-order chi connectivity index (χ0) is 15.0. The predicted octanol–water partition coefficient (Wildman–Crippen LogP) is 4.11. The molecular formula is C14H19BrF3NO. The van der Waals surface area contributed by atoms with E-state index in [1.807, 2.05) is 31.3 Å². The summed E-state index contributed by atoms with van der Waals surface area (Å²) >= 11 is 3.43. The van der Waals surface area contributed by atoms with Gasteiger partial charge in [0.2, 0.25) is 0 Å². The first kappa shape index (κ1) is 17.5. The second-order valence-electron chi connectivity index (χ2n) is 4.62. The summed E-state index contributed by atoms with van der Waals surface area (Å²) in [5, 5.41) is 3.11. The number of benzene rings is 1. The zero-order valence-electron chi connectivity index (χ0n) is 11.3. The van der Waals surface area contributed by atoms with Crippen molar-refractivity contribution < 1.29 is 17.9 Å². The number of hydrogen-bond acceptors (Lipinski definition) is 2. The van der Waals surface area contributed by atoms with E-state index < -0.39 is 12.8 Å². The first-order valence-corrected chi connectivity index (χ1v) is 7.26. The van der Waals surface area contributed by atoms with Crippen molar-refractivity contribution in [2.45, 2.75) is 24.9 Å². The highest BCUT2D eigenvalue weighted by atomic mass is 79.9. The van der Waals surface area contributed by atoms with Gasteiger partial charge in [0.05, 0.1) is 0 Å². The lowest BCUT2D eigenvalue weighted by atomic mass is 9.94. The number of ether oxygens (including phenoxy) is 1. The van der Waals surface area contributed by atoms with Crippen LogP contribution in [0, 0.1) is 0 Å². The minimum absolute atomic E-state index is 0.133. The maximum absolute atomic E-state index is 11.9. The Kier molecular flexibility index (Phi) is 7.55. The maximum atomic E-state index is 11.9. The third-order valence-electron chi connectivity index (χ3n) is 2.88. The highest BCUT2D eigenvalue weighted by Crippen LogP contribution is 2.24. The summed E-state index contributed by atoms with van der Waals surface area (Å²) in [7, 11) is 1.87. The number of likely N-dealkylation sites (N-methyl/N-ethyl adjacent to an activating group) is 1. The summed E-state index contributed by atoms with van der Waals surface area (Å²) < 4.78 is 41.4. The van der Waals surface area contributed by atoms with Crippen LogP contribution in [0.1, 0.15) is 24.3 Å². The van der Waals surface area contributed by atoms with Gasteiger partial charge in [0.25, 0.3) is 0 Å². The van der Waals surface area contributed by atoms with Gasteiger partial charge in [0.15, 0.2) is 0 Å². The molecule has 0 amide bonds. The molecule has 2 nitrogen and oxygen atoms in total. The summed E-state index contributed by atoms with van der Waals surface area (Å²) in [6.45, 7) is -0.246. The van der Waals surface area contributed by atoms with Gasteiger partial charge in [-0.15, -0.1) is 0 Å². The molecule has 0 aliphatic rings. The van der Waals surface area contributed by atoms with Crippen LogP contribution in [0.4, 0.5) is 13.2 Å². The van der Waals surface area contributed by atoms with E-state index in [-0.39, 0.29) is 12.5 Å². The predicted molar refractivity (Wildman–Crippen MR) is 76.9 cm³/mol. The van der Waals surface area contributed by atoms with E-state index in [0.29, 0.717) is 6.42 Å². The van der Waals surface area contributed by atoms with Crippen LogP contribution >= 0.6 is 15.9 Å². The monoisotopic (exact) mass is 353 g/mol. The topological polar surface area (TPSA) is 21.3 Å². The fraction of sp³-hybridized carbons (Fsp3) is 0.571. The number of nitrogens with one attached hydrogen (secondary N) is 1. The van der Waals surface area contributed by atoms with Crippen molar-refractivity contribution >= 4 is 15.9 Å². The summed E-state index contributed by atoms with van der Waals surface area (Å²) in [5.41, 5.74) is 1.17. The molecule has 1 aromatic carbocycles. The Labute approximate surface area is 125 Å².